The minimum absolute atomic E-state index is 0.139. The highest BCUT2D eigenvalue weighted by Crippen LogP contribution is 2.30. The van der Waals surface area contributed by atoms with Gasteiger partial charge in [0.1, 0.15) is 0 Å². The van der Waals surface area contributed by atoms with Gasteiger partial charge in [0.25, 0.3) is 0 Å². The average molecular weight is 421 g/mol. The molecule has 0 heterocycles. The topological polar surface area (TPSA) is 84.9 Å². The monoisotopic (exact) mass is 420 g/mol. The quantitative estimate of drug-likeness (QED) is 0.639. The van der Waals surface area contributed by atoms with Gasteiger partial charge in [0, 0.05) is 6.54 Å². The van der Waals surface area contributed by atoms with E-state index in [4.69, 9.17) is 9.47 Å². The number of hydrogen-bond acceptors (Lipinski definition) is 5. The van der Waals surface area contributed by atoms with Gasteiger partial charge < -0.3 is 14.8 Å². The van der Waals surface area contributed by atoms with Crippen LogP contribution in [0.15, 0.2) is 48.5 Å². The molecular formula is C21H28N2O5S. The fourth-order valence-electron chi connectivity index (χ4n) is 2.97. The molecular weight excluding hydrogens is 392 g/mol. The highest BCUT2D eigenvalue weighted by molar-refractivity contribution is 7.88. The Bertz CT molecular complexity index is 916. The average Bonchev–Trinajstić information content (AvgIpc) is 2.71. The summed E-state index contributed by atoms with van der Waals surface area (Å²) in [5, 5.41) is 2.92. The van der Waals surface area contributed by atoms with Crippen molar-refractivity contribution < 1.29 is 22.7 Å². The zero-order chi connectivity index (χ0) is 21.4. The molecule has 0 aliphatic carbocycles. The first-order valence-corrected chi connectivity index (χ1v) is 11.1. The number of ether oxygens (including phenoxy) is 2. The van der Waals surface area contributed by atoms with E-state index in [0.29, 0.717) is 17.9 Å². The Balaban J connectivity index is 2.13. The van der Waals surface area contributed by atoms with Gasteiger partial charge in [-0.3, -0.25) is 4.79 Å². The van der Waals surface area contributed by atoms with Gasteiger partial charge in [-0.25, -0.2) is 8.42 Å². The van der Waals surface area contributed by atoms with Crippen molar-refractivity contribution in [3.63, 3.8) is 0 Å². The summed E-state index contributed by atoms with van der Waals surface area (Å²) in [5.41, 5.74) is 1.67. The Morgan fingerprint density at radius 2 is 1.72 bits per heavy atom. The molecule has 1 unspecified atom stereocenters. The van der Waals surface area contributed by atoms with Gasteiger partial charge in [0.15, 0.2) is 11.5 Å². The minimum Gasteiger partial charge on any atom is -0.493 e. The van der Waals surface area contributed by atoms with Gasteiger partial charge in [-0.15, -0.1) is 0 Å². The molecule has 2 rings (SSSR count). The number of carbonyl (C=O) groups excluding carboxylic acids is 1. The Kier molecular flexibility index (Phi) is 8.04. The van der Waals surface area contributed by atoms with Crippen LogP contribution < -0.4 is 14.8 Å². The molecule has 0 fully saturated rings. The fraction of sp³-hybridized carbons (Fsp3) is 0.381. The lowest BCUT2D eigenvalue weighted by atomic mass is 10.0. The Morgan fingerprint density at radius 1 is 1.07 bits per heavy atom. The highest BCUT2D eigenvalue weighted by atomic mass is 32.2. The van der Waals surface area contributed by atoms with Gasteiger partial charge in [-0.05, 0) is 29.7 Å². The zero-order valence-corrected chi connectivity index (χ0v) is 18.0. The second-order valence-corrected chi connectivity index (χ2v) is 8.64. The van der Waals surface area contributed by atoms with Crippen molar-refractivity contribution in [3.8, 4) is 11.5 Å². The van der Waals surface area contributed by atoms with Crippen molar-refractivity contribution in [2.75, 3.05) is 27.0 Å². The Morgan fingerprint density at radius 3 is 2.28 bits per heavy atom. The van der Waals surface area contributed by atoms with Crippen LogP contribution in [0.1, 0.15) is 30.5 Å². The fourth-order valence-corrected chi connectivity index (χ4v) is 3.70. The number of hydrogen-bond donors (Lipinski definition) is 1. The SMILES string of the molecule is CCC(NC(=O)CN(Cc1ccccc1)S(C)(=O)=O)c1ccc(OC)c(OC)c1. The maximum Gasteiger partial charge on any atom is 0.235 e. The first-order chi connectivity index (χ1) is 13.8. The summed E-state index contributed by atoms with van der Waals surface area (Å²) in [6, 6.07) is 14.3. The molecule has 0 aromatic heterocycles. The van der Waals surface area contributed by atoms with E-state index in [-0.39, 0.29) is 25.0 Å². The normalized spacial score (nSPS) is 12.4. The summed E-state index contributed by atoms with van der Waals surface area (Å²) in [4.78, 5) is 12.6. The van der Waals surface area contributed by atoms with Crippen molar-refractivity contribution >= 4 is 15.9 Å². The molecule has 0 radical (unpaired) electrons. The number of sulfonamides is 1. The van der Waals surface area contributed by atoms with Crippen molar-refractivity contribution in [2.45, 2.75) is 25.9 Å². The van der Waals surface area contributed by atoms with Crippen LogP contribution in [0.5, 0.6) is 11.5 Å². The third kappa shape index (κ3) is 6.47. The molecule has 2 aromatic rings. The lowest BCUT2D eigenvalue weighted by molar-refractivity contribution is -0.122. The molecule has 1 N–H and O–H groups in total. The van der Waals surface area contributed by atoms with Crippen LogP contribution in [0.4, 0.5) is 0 Å². The summed E-state index contributed by atoms with van der Waals surface area (Å²) < 4.78 is 36.1. The number of benzene rings is 2. The summed E-state index contributed by atoms with van der Waals surface area (Å²) >= 11 is 0. The number of carbonyl (C=O) groups is 1. The van der Waals surface area contributed by atoms with E-state index in [1.54, 1.807) is 20.3 Å². The lowest BCUT2D eigenvalue weighted by Crippen LogP contribution is -2.41. The first kappa shape index (κ1) is 22.7. The van der Waals surface area contributed by atoms with E-state index in [0.717, 1.165) is 17.4 Å². The van der Waals surface area contributed by atoms with E-state index < -0.39 is 10.0 Å². The standard InChI is InChI=1S/C21H28N2O5S/c1-5-18(17-11-12-19(27-2)20(13-17)28-3)22-21(24)15-23(29(4,25)26)14-16-9-7-6-8-10-16/h6-13,18H,5,14-15H2,1-4H3,(H,22,24). The zero-order valence-electron chi connectivity index (χ0n) is 17.2. The number of rotatable bonds is 10. The predicted octanol–water partition coefficient (Wildman–Crippen LogP) is 2.73. The Labute approximate surface area is 172 Å². The molecule has 7 nitrogen and oxygen atoms in total. The van der Waals surface area contributed by atoms with Crippen molar-refractivity contribution in [2.24, 2.45) is 0 Å². The van der Waals surface area contributed by atoms with Gasteiger partial charge in [-0.1, -0.05) is 43.3 Å². The van der Waals surface area contributed by atoms with Gasteiger partial charge in [0.2, 0.25) is 15.9 Å². The van der Waals surface area contributed by atoms with E-state index >= 15 is 0 Å². The first-order valence-electron chi connectivity index (χ1n) is 9.28. The van der Waals surface area contributed by atoms with Gasteiger partial charge >= 0.3 is 0 Å². The van der Waals surface area contributed by atoms with Gasteiger partial charge in [-0.2, -0.15) is 4.31 Å². The van der Waals surface area contributed by atoms with Crippen LogP contribution in [0, 0.1) is 0 Å². The van der Waals surface area contributed by atoms with E-state index in [1.165, 1.54) is 4.31 Å². The molecule has 158 valence electrons. The summed E-state index contributed by atoms with van der Waals surface area (Å²) in [6.45, 7) is 1.83. The van der Waals surface area contributed by atoms with Crippen LogP contribution in [-0.2, 0) is 21.4 Å². The number of nitrogens with one attached hydrogen (secondary N) is 1. The second kappa shape index (κ2) is 10.3. The smallest absolute Gasteiger partial charge is 0.235 e. The summed E-state index contributed by atoms with van der Waals surface area (Å²) in [5.74, 6) is 0.802. The number of methoxy groups -OCH3 is 2. The van der Waals surface area contributed by atoms with Crippen LogP contribution in [0.3, 0.4) is 0 Å². The van der Waals surface area contributed by atoms with E-state index in [1.807, 2.05) is 49.4 Å². The molecule has 0 spiro atoms. The molecule has 0 aliphatic rings. The van der Waals surface area contributed by atoms with E-state index in [2.05, 4.69) is 5.32 Å². The van der Waals surface area contributed by atoms with Crippen molar-refractivity contribution in [1.82, 2.24) is 9.62 Å². The Hall–Kier alpha value is -2.58. The van der Waals surface area contributed by atoms with Crippen LogP contribution in [0.25, 0.3) is 0 Å². The van der Waals surface area contributed by atoms with E-state index in [9.17, 15) is 13.2 Å². The minimum atomic E-state index is -3.55. The van der Waals surface area contributed by atoms with Crippen molar-refractivity contribution in [1.29, 1.82) is 0 Å². The predicted molar refractivity (Wildman–Crippen MR) is 112 cm³/mol. The maximum absolute atomic E-state index is 12.6. The largest absolute Gasteiger partial charge is 0.493 e. The molecule has 1 amide bonds. The summed E-state index contributed by atoms with van der Waals surface area (Å²) in [6.07, 6.45) is 1.74. The second-order valence-electron chi connectivity index (χ2n) is 6.66. The highest BCUT2D eigenvalue weighted by Gasteiger charge is 2.22. The lowest BCUT2D eigenvalue weighted by Gasteiger charge is -2.23. The number of nitrogens with zero attached hydrogens (tertiary/aromatic N) is 1. The third-order valence-electron chi connectivity index (χ3n) is 4.54. The van der Waals surface area contributed by atoms with Gasteiger partial charge in [0.05, 0.1) is 33.1 Å². The van der Waals surface area contributed by atoms with Crippen LogP contribution in [-0.4, -0.2) is 45.7 Å². The van der Waals surface area contributed by atoms with Crippen LogP contribution in [0.2, 0.25) is 0 Å². The molecule has 0 saturated heterocycles. The van der Waals surface area contributed by atoms with Crippen molar-refractivity contribution in [3.05, 3.63) is 59.7 Å². The third-order valence-corrected chi connectivity index (χ3v) is 5.74. The molecule has 1 atom stereocenters. The number of amides is 1. The molecule has 0 bridgehead atoms. The summed E-state index contributed by atoms with van der Waals surface area (Å²) in [7, 11) is -0.440. The molecule has 0 aliphatic heterocycles. The molecule has 8 heteroatoms. The maximum atomic E-state index is 12.6. The van der Waals surface area contributed by atoms with Crippen LogP contribution >= 0.6 is 0 Å². The molecule has 29 heavy (non-hydrogen) atoms. The molecule has 0 saturated carbocycles. The molecule has 2 aromatic carbocycles.